The van der Waals surface area contributed by atoms with E-state index in [0.29, 0.717) is 17.5 Å². The molecule has 0 fully saturated rings. The number of thiophene rings is 1. The number of nitrogens with zero attached hydrogens (tertiary/aromatic N) is 3. The smallest absolute Gasteiger partial charge is 0.324 e. The molecule has 0 aliphatic carbocycles. The van der Waals surface area contributed by atoms with Crippen molar-refractivity contribution < 1.29 is 4.79 Å². The molecule has 2 amide bonds. The van der Waals surface area contributed by atoms with E-state index < -0.39 is 0 Å². The van der Waals surface area contributed by atoms with Gasteiger partial charge >= 0.3 is 6.03 Å². The third-order valence-corrected chi connectivity index (χ3v) is 5.10. The lowest BCUT2D eigenvalue weighted by Gasteiger charge is -2.13. The van der Waals surface area contributed by atoms with Gasteiger partial charge in [-0.2, -0.15) is 10.1 Å². The summed E-state index contributed by atoms with van der Waals surface area (Å²) in [5.41, 5.74) is 4.19. The monoisotopic (exact) mass is 434 g/mol. The summed E-state index contributed by atoms with van der Waals surface area (Å²) in [6.07, 6.45) is 0. The molecule has 4 aromatic rings. The van der Waals surface area contributed by atoms with Crippen molar-refractivity contribution in [3.05, 3.63) is 64.8 Å². The first-order valence-corrected chi connectivity index (χ1v) is 10.5. The van der Waals surface area contributed by atoms with Crippen molar-refractivity contribution in [2.24, 2.45) is 0 Å². The maximum atomic E-state index is 12.1. The van der Waals surface area contributed by atoms with E-state index in [9.17, 15) is 4.79 Å². The molecule has 10 heteroatoms. The number of H-pyrrole nitrogens is 1. The lowest BCUT2D eigenvalue weighted by atomic mass is 10.2. The highest BCUT2D eigenvalue weighted by Crippen LogP contribution is 2.24. The van der Waals surface area contributed by atoms with Crippen molar-refractivity contribution in [1.29, 1.82) is 0 Å². The van der Waals surface area contributed by atoms with Crippen LogP contribution in [0.1, 0.15) is 17.0 Å². The third-order valence-electron chi connectivity index (χ3n) is 4.31. The van der Waals surface area contributed by atoms with Crippen molar-refractivity contribution in [3.63, 3.8) is 0 Å². The summed E-state index contributed by atoms with van der Waals surface area (Å²) in [5, 5.41) is 21.8. The van der Waals surface area contributed by atoms with Gasteiger partial charge in [-0.3, -0.25) is 10.4 Å². The number of aromatic amines is 1. The molecule has 3 heterocycles. The maximum Gasteiger partial charge on any atom is 0.324 e. The average molecular weight is 435 g/mol. The Bertz CT molecular complexity index is 1200. The standard InChI is InChI=1S/C21H22N8OS/c1-12-9-15(23-21(30)27-19-5-4-8-31-19)6-7-16(12)24-20-22-13(2)10-17(26-20)25-18-11-14(3)28-29-18/h4-11H,1-3H3,(H2,23,27,30)(H3,22,24,25,26,28,29). The van der Waals surface area contributed by atoms with Crippen molar-refractivity contribution in [2.75, 3.05) is 21.3 Å². The molecule has 5 N–H and O–H groups in total. The summed E-state index contributed by atoms with van der Waals surface area (Å²) >= 11 is 1.47. The molecule has 1 aromatic carbocycles. The number of aromatic nitrogens is 4. The Hall–Kier alpha value is -3.92. The second-order valence-corrected chi connectivity index (χ2v) is 7.92. The summed E-state index contributed by atoms with van der Waals surface area (Å²) in [6, 6.07) is 12.8. The van der Waals surface area contributed by atoms with Crippen molar-refractivity contribution in [1.82, 2.24) is 20.2 Å². The van der Waals surface area contributed by atoms with E-state index >= 15 is 0 Å². The summed E-state index contributed by atoms with van der Waals surface area (Å²) in [6.45, 7) is 5.77. The zero-order valence-corrected chi connectivity index (χ0v) is 18.1. The fourth-order valence-corrected chi connectivity index (χ4v) is 3.55. The summed E-state index contributed by atoms with van der Waals surface area (Å²) in [7, 11) is 0. The van der Waals surface area contributed by atoms with Crippen molar-refractivity contribution in [3.8, 4) is 0 Å². The van der Waals surface area contributed by atoms with E-state index in [1.165, 1.54) is 11.3 Å². The highest BCUT2D eigenvalue weighted by Gasteiger charge is 2.08. The van der Waals surface area contributed by atoms with Gasteiger partial charge in [-0.15, -0.1) is 11.3 Å². The van der Waals surface area contributed by atoms with E-state index in [1.807, 2.05) is 68.6 Å². The van der Waals surface area contributed by atoms with E-state index in [1.54, 1.807) is 0 Å². The molecular formula is C21H22N8OS. The number of amides is 2. The van der Waals surface area contributed by atoms with E-state index in [4.69, 9.17) is 0 Å². The van der Waals surface area contributed by atoms with Gasteiger partial charge in [0.15, 0.2) is 0 Å². The van der Waals surface area contributed by atoms with Crippen LogP contribution in [-0.4, -0.2) is 26.2 Å². The summed E-state index contributed by atoms with van der Waals surface area (Å²) in [5.74, 6) is 1.88. The topological polar surface area (TPSA) is 120 Å². The molecule has 0 saturated carbocycles. The van der Waals surface area contributed by atoms with Crippen LogP contribution in [0.15, 0.2) is 47.8 Å². The van der Waals surface area contributed by atoms with Crippen LogP contribution in [0.4, 0.5) is 38.8 Å². The second kappa shape index (κ2) is 8.84. The first kappa shape index (κ1) is 20.4. The van der Waals surface area contributed by atoms with Crippen LogP contribution in [0.2, 0.25) is 0 Å². The van der Waals surface area contributed by atoms with Crippen LogP contribution in [-0.2, 0) is 0 Å². The lowest BCUT2D eigenvalue weighted by molar-refractivity contribution is 0.262. The van der Waals surface area contributed by atoms with Gasteiger partial charge in [0.25, 0.3) is 0 Å². The van der Waals surface area contributed by atoms with Gasteiger partial charge in [-0.1, -0.05) is 0 Å². The first-order valence-electron chi connectivity index (χ1n) is 9.58. The predicted molar refractivity (Wildman–Crippen MR) is 125 cm³/mol. The number of aryl methyl sites for hydroxylation is 3. The van der Waals surface area contributed by atoms with Gasteiger partial charge in [0.1, 0.15) is 11.6 Å². The van der Waals surface area contributed by atoms with Crippen LogP contribution >= 0.6 is 11.3 Å². The molecule has 9 nitrogen and oxygen atoms in total. The predicted octanol–water partition coefficient (Wildman–Crippen LogP) is 5.32. The number of rotatable bonds is 6. The molecule has 0 aliphatic rings. The Balaban J connectivity index is 1.44. The molecule has 0 radical (unpaired) electrons. The number of anilines is 6. The van der Waals surface area contributed by atoms with Crippen molar-refractivity contribution >= 4 is 51.3 Å². The van der Waals surface area contributed by atoms with E-state index in [-0.39, 0.29) is 6.03 Å². The Morgan fingerprint density at radius 3 is 2.55 bits per heavy atom. The molecule has 31 heavy (non-hydrogen) atoms. The van der Waals surface area contributed by atoms with Crippen molar-refractivity contribution in [2.45, 2.75) is 20.8 Å². The molecule has 0 unspecified atom stereocenters. The minimum atomic E-state index is -0.283. The van der Waals surface area contributed by atoms with Crippen LogP contribution in [0.25, 0.3) is 0 Å². The van der Waals surface area contributed by atoms with Crippen LogP contribution in [0.3, 0.4) is 0 Å². The van der Waals surface area contributed by atoms with Crippen LogP contribution in [0, 0.1) is 20.8 Å². The quantitative estimate of drug-likeness (QED) is 0.280. The summed E-state index contributed by atoms with van der Waals surface area (Å²) in [4.78, 5) is 21.1. The first-order chi connectivity index (χ1) is 14.9. The molecule has 0 bridgehead atoms. The average Bonchev–Trinajstić information content (AvgIpc) is 3.35. The number of carbonyl (C=O) groups excluding carboxylic acids is 1. The molecule has 0 aliphatic heterocycles. The molecule has 0 atom stereocenters. The van der Waals surface area contributed by atoms with Crippen LogP contribution < -0.4 is 21.3 Å². The third kappa shape index (κ3) is 5.37. The minimum absolute atomic E-state index is 0.283. The SMILES string of the molecule is Cc1cc(Nc2cc(C)nc(Nc3ccc(NC(=O)Nc4cccs4)cc3C)n2)[nH]n1. The Labute approximate surface area is 183 Å². The number of urea groups is 1. The molecule has 3 aromatic heterocycles. The maximum absolute atomic E-state index is 12.1. The lowest BCUT2D eigenvalue weighted by Crippen LogP contribution is -2.18. The number of hydrogen-bond donors (Lipinski definition) is 5. The summed E-state index contributed by atoms with van der Waals surface area (Å²) < 4.78 is 0. The van der Waals surface area contributed by atoms with Gasteiger partial charge in [0, 0.05) is 29.2 Å². The zero-order valence-electron chi connectivity index (χ0n) is 17.3. The van der Waals surface area contributed by atoms with E-state index in [0.717, 1.165) is 33.5 Å². The van der Waals surface area contributed by atoms with Gasteiger partial charge in [-0.25, -0.2) is 9.78 Å². The normalized spacial score (nSPS) is 10.5. The zero-order chi connectivity index (χ0) is 21.8. The number of nitrogens with one attached hydrogen (secondary N) is 5. The highest BCUT2D eigenvalue weighted by molar-refractivity contribution is 7.14. The van der Waals surface area contributed by atoms with Crippen LogP contribution in [0.5, 0.6) is 0 Å². The minimum Gasteiger partial charge on any atom is -0.325 e. The number of carbonyl (C=O) groups is 1. The molecular weight excluding hydrogens is 412 g/mol. The molecule has 4 rings (SSSR count). The molecule has 0 saturated heterocycles. The van der Waals surface area contributed by atoms with Gasteiger partial charge in [0.2, 0.25) is 5.95 Å². The largest absolute Gasteiger partial charge is 0.325 e. The Morgan fingerprint density at radius 2 is 1.84 bits per heavy atom. The van der Waals surface area contributed by atoms with Gasteiger partial charge in [-0.05, 0) is 62.0 Å². The molecule has 158 valence electrons. The Morgan fingerprint density at radius 1 is 0.968 bits per heavy atom. The number of hydrogen-bond acceptors (Lipinski definition) is 7. The second-order valence-electron chi connectivity index (χ2n) is 6.98. The van der Waals surface area contributed by atoms with Gasteiger partial charge in [0.05, 0.1) is 10.7 Å². The fourth-order valence-electron chi connectivity index (χ4n) is 2.94. The Kier molecular flexibility index (Phi) is 5.80. The van der Waals surface area contributed by atoms with E-state index in [2.05, 4.69) is 41.4 Å². The molecule has 0 spiro atoms. The van der Waals surface area contributed by atoms with Gasteiger partial charge < -0.3 is 16.0 Å². The number of benzene rings is 1. The fraction of sp³-hybridized carbons (Fsp3) is 0.143. The highest BCUT2D eigenvalue weighted by atomic mass is 32.1.